The molecule has 2 atom stereocenters. The third-order valence-corrected chi connectivity index (χ3v) is 16.7. The van der Waals surface area contributed by atoms with Crippen LogP contribution in [0.2, 0.25) is 20.1 Å². The van der Waals surface area contributed by atoms with E-state index in [4.69, 9.17) is 60.8 Å². The number of piperidine rings is 2. The molecule has 4 aromatic rings. The Hall–Kier alpha value is -2.97. The van der Waals surface area contributed by atoms with Gasteiger partial charge in [0.2, 0.25) is 10.0 Å². The highest BCUT2D eigenvalue weighted by atomic mass is 35.5. The summed E-state index contributed by atoms with van der Waals surface area (Å²) in [5.74, 6) is 1.64. The molecule has 2 aromatic heterocycles. The summed E-state index contributed by atoms with van der Waals surface area (Å²) in [7, 11) is -0.497. The number of rotatable bonds is 20. The summed E-state index contributed by atoms with van der Waals surface area (Å²) in [6, 6.07) is 16.9. The van der Waals surface area contributed by atoms with Crippen LogP contribution < -0.4 is 29.7 Å². The van der Waals surface area contributed by atoms with E-state index in [2.05, 4.69) is 77.2 Å². The molecule has 74 heavy (non-hydrogen) atoms. The SMILES string of the molecule is CC[C@H]1CN(c2ncc(NSOOC)cc2Cl)CCN1C1CCN(Cc2ccc(Cl)cc2N)CC1.CC[C@H]1CN(c2ncc(NSOOC)cc2Cl)CCN1C1CCN(Cc2ccc(Cl)cc2NS(C)(=O)=O)CC1. The molecule has 8 rings (SSSR count). The molecule has 0 amide bonds. The summed E-state index contributed by atoms with van der Waals surface area (Å²) in [6.45, 7) is 15.7. The quantitative estimate of drug-likeness (QED) is 0.0164. The van der Waals surface area contributed by atoms with Crippen molar-refractivity contribution in [2.45, 2.75) is 89.6 Å². The van der Waals surface area contributed by atoms with Crippen molar-refractivity contribution in [3.05, 3.63) is 92.1 Å². The minimum absolute atomic E-state index is 0.415. The molecular weight excluding hydrogens is 1090 g/mol. The third kappa shape index (κ3) is 16.8. The van der Waals surface area contributed by atoms with Crippen molar-refractivity contribution in [1.82, 2.24) is 29.6 Å². The second-order valence-electron chi connectivity index (χ2n) is 18.9. The highest BCUT2D eigenvalue weighted by Crippen LogP contribution is 2.34. The summed E-state index contributed by atoms with van der Waals surface area (Å²) < 4.78 is 41.8. The molecule has 4 aliphatic heterocycles. The third-order valence-electron chi connectivity index (χ3n) is 14.1. The molecule has 0 unspecified atom stereocenters. The van der Waals surface area contributed by atoms with Crippen molar-refractivity contribution >= 4 is 115 Å². The van der Waals surface area contributed by atoms with Crippen LogP contribution in [-0.4, -0.2) is 148 Å². The molecule has 4 aliphatic rings. The summed E-state index contributed by atoms with van der Waals surface area (Å²) in [4.78, 5) is 33.2. The lowest BCUT2D eigenvalue weighted by Gasteiger charge is -2.47. The highest BCUT2D eigenvalue weighted by molar-refractivity contribution is 7.96. The molecular formula is C49H70Cl4N12O6S3. The predicted octanol–water partition coefficient (Wildman–Crippen LogP) is 9.97. The normalized spacial score (nSPS) is 20.1. The van der Waals surface area contributed by atoms with Gasteiger partial charge in [-0.25, -0.2) is 28.2 Å². The first-order chi connectivity index (χ1) is 35.6. The lowest BCUT2D eigenvalue weighted by Crippen LogP contribution is -2.58. The van der Waals surface area contributed by atoms with E-state index in [1.54, 1.807) is 18.5 Å². The van der Waals surface area contributed by atoms with Gasteiger partial charge in [-0.3, -0.25) is 24.3 Å². The topological polar surface area (TPSA) is 178 Å². The number of aromatic nitrogens is 2. The van der Waals surface area contributed by atoms with Gasteiger partial charge in [-0.2, -0.15) is 0 Å². The molecule has 4 fully saturated rings. The van der Waals surface area contributed by atoms with Crippen LogP contribution in [0.4, 0.5) is 34.4 Å². The first-order valence-corrected chi connectivity index (χ1v) is 29.9. The van der Waals surface area contributed by atoms with E-state index in [0.717, 1.165) is 168 Å². The Morgan fingerprint density at radius 2 is 1.09 bits per heavy atom. The van der Waals surface area contributed by atoms with Gasteiger partial charge in [-0.1, -0.05) is 72.4 Å². The van der Waals surface area contributed by atoms with Crippen LogP contribution in [0.5, 0.6) is 0 Å². The molecule has 0 radical (unpaired) electrons. The van der Waals surface area contributed by atoms with E-state index in [-0.39, 0.29) is 0 Å². The van der Waals surface area contributed by atoms with Crippen LogP contribution in [-0.2, 0) is 41.6 Å². The van der Waals surface area contributed by atoms with Crippen molar-refractivity contribution in [2.75, 3.05) is 116 Å². The lowest BCUT2D eigenvalue weighted by molar-refractivity contribution is -0.159. The smallest absolute Gasteiger partial charge is 0.229 e. The zero-order valence-electron chi connectivity index (χ0n) is 42.7. The van der Waals surface area contributed by atoms with Crippen LogP contribution in [0, 0.1) is 0 Å². The number of sulfonamides is 1. The number of likely N-dealkylation sites (tertiary alicyclic amines) is 2. The van der Waals surface area contributed by atoms with Gasteiger partial charge in [-0.15, -0.1) is 8.67 Å². The Bertz CT molecular complexity index is 2540. The van der Waals surface area contributed by atoms with Gasteiger partial charge in [0.1, 0.15) is 36.1 Å². The van der Waals surface area contributed by atoms with Crippen LogP contribution in [0.1, 0.15) is 63.5 Å². The second kappa shape index (κ2) is 28.6. The summed E-state index contributed by atoms with van der Waals surface area (Å²) in [5.41, 5.74) is 11.1. The number of pyridine rings is 2. The highest BCUT2D eigenvalue weighted by Gasteiger charge is 2.36. The van der Waals surface area contributed by atoms with Crippen molar-refractivity contribution in [2.24, 2.45) is 0 Å². The van der Waals surface area contributed by atoms with Gasteiger partial charge >= 0.3 is 0 Å². The number of piperazine rings is 2. The largest absolute Gasteiger partial charge is 0.398 e. The lowest BCUT2D eigenvalue weighted by atomic mass is 9.97. The van der Waals surface area contributed by atoms with E-state index in [1.807, 2.05) is 42.5 Å². The van der Waals surface area contributed by atoms with E-state index in [1.165, 1.54) is 27.1 Å². The van der Waals surface area contributed by atoms with Crippen molar-refractivity contribution in [3.8, 4) is 0 Å². The maximum absolute atomic E-state index is 11.8. The maximum atomic E-state index is 11.8. The number of hydrogen-bond acceptors (Lipinski definition) is 19. The number of nitrogens with one attached hydrogen (secondary N) is 3. The monoisotopic (exact) mass is 1160 g/mol. The number of halogens is 4. The van der Waals surface area contributed by atoms with Gasteiger partial charge in [0.25, 0.3) is 0 Å². The van der Waals surface area contributed by atoms with Crippen LogP contribution >= 0.6 is 70.9 Å². The Kier molecular flexibility index (Phi) is 22.7. The van der Waals surface area contributed by atoms with E-state index < -0.39 is 10.0 Å². The fourth-order valence-corrected chi connectivity index (χ4v) is 12.6. The molecule has 0 bridgehead atoms. The Balaban J connectivity index is 0.000000217. The number of anilines is 6. The Morgan fingerprint density at radius 1 is 0.649 bits per heavy atom. The number of hydrogen-bond donors (Lipinski definition) is 4. The molecule has 4 saturated heterocycles. The molecule has 0 saturated carbocycles. The molecule has 0 aliphatic carbocycles. The molecule has 2 aromatic carbocycles. The van der Waals surface area contributed by atoms with E-state index in [0.29, 0.717) is 56.5 Å². The Morgan fingerprint density at radius 3 is 1.51 bits per heavy atom. The molecule has 25 heteroatoms. The minimum Gasteiger partial charge on any atom is -0.398 e. The van der Waals surface area contributed by atoms with Crippen molar-refractivity contribution in [3.63, 3.8) is 0 Å². The first-order valence-electron chi connectivity index (χ1n) is 25.0. The minimum atomic E-state index is -3.39. The second-order valence-corrected chi connectivity index (χ2v) is 23.4. The fourth-order valence-electron chi connectivity index (χ4n) is 10.4. The standard InChI is InChI=1S/C25H36Cl2N6O4S2.C24H34Cl2N6O2S/c1-4-21-17-32(25-23(27)14-20(15-28-25)29-38-37-36-2)11-12-33(21)22-7-9-31(10-8-22)16-18-5-6-19(26)13-24(18)30-39(3,34)35;1-3-20-16-31(24-22(26)13-19(14-28-24)29-35-34-33-2)10-11-32(20)21-6-8-30(9-7-21)15-17-4-5-18(25)12-23(17)27/h5-6,13-15,21-22,29-30H,4,7-12,16-17H2,1-3H3;4-5,12-14,20-21,29H,3,6-11,15-16,27H2,1-2H3/t21-;20-/m00/s1. The van der Waals surface area contributed by atoms with E-state index in [9.17, 15) is 8.42 Å². The summed E-state index contributed by atoms with van der Waals surface area (Å²) in [5, 5.41) is 2.43. The van der Waals surface area contributed by atoms with E-state index >= 15 is 0 Å². The average molecular weight is 1160 g/mol. The van der Waals surface area contributed by atoms with Crippen LogP contribution in [0.3, 0.4) is 0 Å². The summed E-state index contributed by atoms with van der Waals surface area (Å²) >= 11 is 27.3. The predicted molar refractivity (Wildman–Crippen MR) is 305 cm³/mol. The van der Waals surface area contributed by atoms with Gasteiger partial charge in [-0.05, 0) is 112 Å². The molecule has 5 N–H and O–H groups in total. The van der Waals surface area contributed by atoms with Gasteiger partial charge in [0, 0.05) is 92.3 Å². The fraction of sp³-hybridized carbons (Fsp3) is 0.551. The summed E-state index contributed by atoms with van der Waals surface area (Å²) in [6.07, 6.45) is 11.3. The van der Waals surface area contributed by atoms with Crippen LogP contribution in [0.15, 0.2) is 60.9 Å². The first kappa shape index (κ1) is 58.7. The number of nitrogens with zero attached hydrogens (tertiary/aromatic N) is 8. The molecule has 408 valence electrons. The van der Waals surface area contributed by atoms with Gasteiger partial charge in [0.15, 0.2) is 0 Å². The number of nitrogen functional groups attached to an aromatic ring is 1. The molecule has 18 nitrogen and oxygen atoms in total. The van der Waals surface area contributed by atoms with Gasteiger partial charge in [0.05, 0.1) is 60.0 Å². The number of benzene rings is 2. The maximum Gasteiger partial charge on any atom is 0.229 e. The van der Waals surface area contributed by atoms with Crippen molar-refractivity contribution in [1.29, 1.82) is 0 Å². The van der Waals surface area contributed by atoms with Crippen LogP contribution in [0.25, 0.3) is 0 Å². The van der Waals surface area contributed by atoms with Crippen molar-refractivity contribution < 1.29 is 26.9 Å². The zero-order valence-corrected chi connectivity index (χ0v) is 48.1. The van der Waals surface area contributed by atoms with Gasteiger partial charge < -0.3 is 25.0 Å². The number of nitrogens with two attached hydrogens (primary N) is 1. The molecule has 6 heterocycles. The average Bonchev–Trinajstić information content (AvgIpc) is 3.38. The zero-order chi connectivity index (χ0) is 52.8. The molecule has 0 spiro atoms. The Labute approximate surface area is 466 Å².